The van der Waals surface area contributed by atoms with Crippen LogP contribution in [0.4, 0.5) is 4.79 Å². The average Bonchev–Trinajstić information content (AvgIpc) is 2.15. The molecule has 1 amide bonds. The summed E-state index contributed by atoms with van der Waals surface area (Å²) in [4.78, 5) is 11.8. The fourth-order valence-electron chi connectivity index (χ4n) is 1.93. The predicted molar refractivity (Wildman–Crippen MR) is 63.9 cm³/mol. The molecule has 1 aliphatic heterocycles. The molecule has 1 aliphatic rings. The lowest BCUT2D eigenvalue weighted by molar-refractivity contribution is 0.0102. The third kappa shape index (κ3) is 4.91. The topological polar surface area (TPSA) is 67.8 Å². The zero-order valence-electron chi connectivity index (χ0n) is 10.9. The number of rotatable bonds is 3. The van der Waals surface area contributed by atoms with Gasteiger partial charge in [-0.3, -0.25) is 0 Å². The molecular weight excluding hydrogens is 222 g/mol. The zero-order chi connectivity index (χ0) is 12.9. The Labute approximate surface area is 102 Å². The Morgan fingerprint density at radius 3 is 2.47 bits per heavy atom. The highest BCUT2D eigenvalue weighted by atomic mass is 16.6. The molecule has 0 saturated carbocycles. The van der Waals surface area contributed by atoms with Gasteiger partial charge < -0.3 is 19.9 Å². The second kappa shape index (κ2) is 5.69. The van der Waals surface area contributed by atoms with Crippen molar-refractivity contribution in [1.29, 1.82) is 0 Å². The van der Waals surface area contributed by atoms with Crippen molar-refractivity contribution in [2.24, 2.45) is 0 Å². The summed E-state index contributed by atoms with van der Waals surface area (Å²) in [7, 11) is 0. The number of ether oxygens (including phenoxy) is 2. The Bertz CT molecular complexity index is 248. The maximum atomic E-state index is 11.8. The van der Waals surface area contributed by atoms with E-state index in [9.17, 15) is 4.79 Å². The minimum absolute atomic E-state index is 0.0514. The zero-order valence-corrected chi connectivity index (χ0v) is 10.9. The molecule has 0 aromatic heterocycles. The van der Waals surface area contributed by atoms with Crippen LogP contribution in [0.15, 0.2) is 0 Å². The van der Waals surface area contributed by atoms with E-state index >= 15 is 0 Å². The lowest BCUT2D eigenvalue weighted by Gasteiger charge is -2.38. The van der Waals surface area contributed by atoms with Crippen molar-refractivity contribution in [3.05, 3.63) is 0 Å². The summed E-state index contributed by atoms with van der Waals surface area (Å²) in [5.41, 5.74) is -0.884. The number of hydrogen-bond acceptors (Lipinski definition) is 4. The first kappa shape index (κ1) is 14.3. The highest BCUT2D eigenvalue weighted by Crippen LogP contribution is 2.24. The molecule has 0 spiro atoms. The molecule has 0 unspecified atom stereocenters. The van der Waals surface area contributed by atoms with Gasteiger partial charge in [0.1, 0.15) is 5.60 Å². The van der Waals surface area contributed by atoms with E-state index in [1.807, 2.05) is 20.8 Å². The highest BCUT2D eigenvalue weighted by Gasteiger charge is 2.35. The number of carbonyl (C=O) groups is 1. The number of aliphatic hydroxyl groups excluding tert-OH is 1. The predicted octanol–water partition coefficient (Wildman–Crippen LogP) is 1.44. The maximum Gasteiger partial charge on any atom is 0.408 e. The minimum Gasteiger partial charge on any atom is -0.444 e. The molecule has 1 fully saturated rings. The minimum atomic E-state index is -0.504. The normalized spacial score (nSPS) is 19.8. The lowest BCUT2D eigenvalue weighted by Crippen LogP contribution is -2.53. The molecule has 100 valence electrons. The first-order valence-electron chi connectivity index (χ1n) is 6.07. The van der Waals surface area contributed by atoms with E-state index in [0.29, 0.717) is 32.5 Å². The van der Waals surface area contributed by atoms with E-state index in [4.69, 9.17) is 14.6 Å². The Kier molecular flexibility index (Phi) is 4.77. The quantitative estimate of drug-likeness (QED) is 0.789. The second-order valence-electron chi connectivity index (χ2n) is 5.49. The molecule has 2 N–H and O–H groups in total. The van der Waals surface area contributed by atoms with Crippen molar-refractivity contribution >= 4 is 6.09 Å². The van der Waals surface area contributed by atoms with Gasteiger partial charge in [-0.1, -0.05) is 0 Å². The van der Waals surface area contributed by atoms with Crippen molar-refractivity contribution in [3.8, 4) is 0 Å². The molecule has 0 aromatic carbocycles. The summed E-state index contributed by atoms with van der Waals surface area (Å²) in [5.74, 6) is 0. The van der Waals surface area contributed by atoms with Crippen LogP contribution in [0.3, 0.4) is 0 Å². The molecule has 1 saturated heterocycles. The molecule has 1 heterocycles. The van der Waals surface area contributed by atoms with Gasteiger partial charge >= 0.3 is 6.09 Å². The SMILES string of the molecule is CC(C)(C)OC(=O)NC1(CCO)CCOCC1. The lowest BCUT2D eigenvalue weighted by atomic mass is 9.87. The number of carbonyl (C=O) groups excluding carboxylic acids is 1. The van der Waals surface area contributed by atoms with Crippen LogP contribution in [0.25, 0.3) is 0 Å². The van der Waals surface area contributed by atoms with Crippen molar-refractivity contribution < 1.29 is 19.4 Å². The smallest absolute Gasteiger partial charge is 0.408 e. The van der Waals surface area contributed by atoms with E-state index in [0.717, 1.165) is 0 Å². The van der Waals surface area contributed by atoms with E-state index in [-0.39, 0.29) is 12.1 Å². The molecule has 0 radical (unpaired) electrons. The van der Waals surface area contributed by atoms with E-state index in [1.54, 1.807) is 0 Å². The van der Waals surface area contributed by atoms with Gasteiger partial charge in [0.25, 0.3) is 0 Å². The molecule has 0 atom stereocenters. The Morgan fingerprint density at radius 2 is 2.00 bits per heavy atom. The van der Waals surface area contributed by atoms with Crippen LogP contribution in [0, 0.1) is 0 Å². The van der Waals surface area contributed by atoms with Crippen LogP contribution < -0.4 is 5.32 Å². The fraction of sp³-hybridized carbons (Fsp3) is 0.917. The van der Waals surface area contributed by atoms with Crippen LogP contribution in [0.2, 0.25) is 0 Å². The Hall–Kier alpha value is -0.810. The van der Waals surface area contributed by atoms with Crippen molar-refractivity contribution in [3.63, 3.8) is 0 Å². The first-order chi connectivity index (χ1) is 7.87. The molecule has 5 heteroatoms. The van der Waals surface area contributed by atoms with Crippen LogP contribution in [-0.4, -0.2) is 42.2 Å². The maximum absolute atomic E-state index is 11.8. The standard InChI is InChI=1S/C12H23NO4/c1-11(2,3)17-10(15)13-12(4-7-14)5-8-16-9-6-12/h14H,4-9H2,1-3H3,(H,13,15). The van der Waals surface area contributed by atoms with Gasteiger partial charge in [0.15, 0.2) is 0 Å². The third-order valence-electron chi connectivity index (χ3n) is 2.81. The van der Waals surface area contributed by atoms with Crippen LogP contribution >= 0.6 is 0 Å². The summed E-state index contributed by atoms with van der Waals surface area (Å²) in [6, 6.07) is 0. The second-order valence-corrected chi connectivity index (χ2v) is 5.49. The number of nitrogens with one attached hydrogen (secondary N) is 1. The van der Waals surface area contributed by atoms with Crippen molar-refractivity contribution in [2.75, 3.05) is 19.8 Å². The highest BCUT2D eigenvalue weighted by molar-refractivity contribution is 5.68. The van der Waals surface area contributed by atoms with Gasteiger partial charge in [0.2, 0.25) is 0 Å². The number of amides is 1. The van der Waals surface area contributed by atoms with Gasteiger partial charge in [0, 0.05) is 25.4 Å². The number of aliphatic hydroxyl groups is 1. The summed E-state index contributed by atoms with van der Waals surface area (Å²) < 4.78 is 10.5. The van der Waals surface area contributed by atoms with Crippen LogP contribution in [0.5, 0.6) is 0 Å². The van der Waals surface area contributed by atoms with Gasteiger partial charge in [0.05, 0.1) is 0 Å². The molecule has 0 aliphatic carbocycles. The molecule has 0 aromatic rings. The molecule has 5 nitrogen and oxygen atoms in total. The van der Waals surface area contributed by atoms with E-state index in [2.05, 4.69) is 5.32 Å². The fourth-order valence-corrected chi connectivity index (χ4v) is 1.93. The van der Waals surface area contributed by atoms with Gasteiger partial charge in [-0.2, -0.15) is 0 Å². The third-order valence-corrected chi connectivity index (χ3v) is 2.81. The van der Waals surface area contributed by atoms with Gasteiger partial charge in [-0.25, -0.2) is 4.79 Å². The molecule has 1 rings (SSSR count). The van der Waals surface area contributed by atoms with E-state index in [1.165, 1.54) is 0 Å². The van der Waals surface area contributed by atoms with Crippen LogP contribution in [0.1, 0.15) is 40.0 Å². The summed E-state index contributed by atoms with van der Waals surface area (Å²) in [5, 5.41) is 12.0. The Balaban J connectivity index is 2.57. The first-order valence-corrected chi connectivity index (χ1v) is 6.07. The Morgan fingerprint density at radius 1 is 1.41 bits per heavy atom. The molecular formula is C12H23NO4. The van der Waals surface area contributed by atoms with Crippen molar-refractivity contribution in [1.82, 2.24) is 5.32 Å². The van der Waals surface area contributed by atoms with Gasteiger partial charge in [-0.05, 0) is 40.0 Å². The molecule has 17 heavy (non-hydrogen) atoms. The van der Waals surface area contributed by atoms with Crippen molar-refractivity contribution in [2.45, 2.75) is 51.2 Å². The average molecular weight is 245 g/mol. The van der Waals surface area contributed by atoms with Crippen LogP contribution in [-0.2, 0) is 9.47 Å². The largest absolute Gasteiger partial charge is 0.444 e. The monoisotopic (exact) mass is 245 g/mol. The summed E-state index contributed by atoms with van der Waals surface area (Å²) in [6.07, 6.45) is 1.54. The van der Waals surface area contributed by atoms with E-state index < -0.39 is 11.7 Å². The molecule has 0 bridgehead atoms. The van der Waals surface area contributed by atoms with Gasteiger partial charge in [-0.15, -0.1) is 0 Å². The summed E-state index contributed by atoms with van der Waals surface area (Å²) >= 11 is 0. The summed E-state index contributed by atoms with van der Waals surface area (Å²) in [6.45, 7) is 6.75. The number of alkyl carbamates (subject to hydrolysis) is 1. The number of hydrogen-bond donors (Lipinski definition) is 2.